The molecule has 3 atom stereocenters. The zero-order valence-electron chi connectivity index (χ0n) is 19.8. The van der Waals surface area contributed by atoms with Gasteiger partial charge in [0.15, 0.2) is 11.4 Å². The third-order valence-electron chi connectivity index (χ3n) is 7.44. The summed E-state index contributed by atoms with van der Waals surface area (Å²) in [6.07, 6.45) is 3.38. The number of nitroso groups, excluding NO2 is 1. The van der Waals surface area contributed by atoms with Gasteiger partial charge in [0, 0.05) is 40.1 Å². The number of rotatable bonds is 4. The van der Waals surface area contributed by atoms with Crippen LogP contribution in [-0.4, -0.2) is 43.5 Å². The summed E-state index contributed by atoms with van der Waals surface area (Å²) >= 11 is 0. The lowest BCUT2D eigenvalue weighted by atomic mass is 9.59. The van der Waals surface area contributed by atoms with Crippen LogP contribution in [0.3, 0.4) is 0 Å². The molecule has 5 rings (SSSR count). The van der Waals surface area contributed by atoms with E-state index in [-0.39, 0.29) is 48.6 Å². The highest BCUT2D eigenvalue weighted by molar-refractivity contribution is 6.22. The van der Waals surface area contributed by atoms with Crippen molar-refractivity contribution in [2.24, 2.45) is 17.6 Å². The van der Waals surface area contributed by atoms with Crippen LogP contribution in [0, 0.1) is 16.7 Å². The van der Waals surface area contributed by atoms with Gasteiger partial charge in [-0.25, -0.2) is 0 Å². The summed E-state index contributed by atoms with van der Waals surface area (Å²) in [6.45, 7) is 0. The molecule has 0 heterocycles. The van der Waals surface area contributed by atoms with E-state index < -0.39 is 52.0 Å². The molecule has 1 fully saturated rings. The number of carbonyl (C=O) groups excluding carboxylic acids is 3. The predicted octanol–water partition coefficient (Wildman–Crippen LogP) is -1.92. The Morgan fingerprint density at radius 1 is 1.08 bits per heavy atom. The van der Waals surface area contributed by atoms with Crippen LogP contribution in [0.4, 0.5) is 5.69 Å². The Morgan fingerprint density at radius 2 is 1.82 bits per heavy atom. The van der Waals surface area contributed by atoms with Gasteiger partial charge in [-0.05, 0) is 41.5 Å². The zero-order chi connectivity index (χ0) is 26.6. The number of halogens is 1. The first-order valence-corrected chi connectivity index (χ1v) is 11.6. The Hall–Kier alpha value is -4.28. The van der Waals surface area contributed by atoms with Gasteiger partial charge >= 0.3 is 0 Å². The average Bonchev–Trinajstić information content (AvgIpc) is 2.85. The van der Waals surface area contributed by atoms with Crippen LogP contribution in [0.15, 0.2) is 53.3 Å². The number of aromatic hydroxyl groups is 1. The molecule has 38 heavy (non-hydrogen) atoms. The molecule has 2 aromatic carbocycles. The molecular formula is C27H23ClN2O8. The Kier molecular flexibility index (Phi) is 6.73. The van der Waals surface area contributed by atoms with Gasteiger partial charge in [-0.15, -0.1) is 0 Å². The number of aliphatic hydroxyl groups excluding tert-OH is 2. The van der Waals surface area contributed by atoms with Crippen LogP contribution in [0.2, 0.25) is 0 Å². The minimum Gasteiger partial charge on any atom is -1.00 e. The van der Waals surface area contributed by atoms with E-state index in [0.717, 1.165) is 5.56 Å². The van der Waals surface area contributed by atoms with Crippen molar-refractivity contribution in [2.75, 3.05) is 0 Å². The van der Waals surface area contributed by atoms with Crippen LogP contribution in [0.25, 0.3) is 17.9 Å². The second-order valence-electron chi connectivity index (χ2n) is 9.49. The van der Waals surface area contributed by atoms with Crippen LogP contribution in [-0.2, 0) is 20.8 Å². The Labute approximate surface area is 222 Å². The number of benzene rings is 2. The maximum Gasteiger partial charge on any atom is 0.255 e. The van der Waals surface area contributed by atoms with Gasteiger partial charge in [-0.3, -0.25) is 14.4 Å². The second-order valence-corrected chi connectivity index (χ2v) is 9.49. The summed E-state index contributed by atoms with van der Waals surface area (Å²) in [4.78, 5) is 48.7. The van der Waals surface area contributed by atoms with Crippen LogP contribution in [0.5, 0.6) is 5.75 Å². The van der Waals surface area contributed by atoms with Crippen molar-refractivity contribution >= 4 is 41.1 Å². The number of phenols is 1. The molecule has 3 aliphatic carbocycles. The van der Waals surface area contributed by atoms with Crippen LogP contribution >= 0.6 is 0 Å². The lowest BCUT2D eigenvalue weighted by Crippen LogP contribution is -3.00. The summed E-state index contributed by atoms with van der Waals surface area (Å²) in [6, 6.07) is 9.78. The summed E-state index contributed by atoms with van der Waals surface area (Å²) < 4.78 is 0. The average molecular weight is 539 g/mol. The van der Waals surface area contributed by atoms with Crippen molar-refractivity contribution in [3.05, 3.63) is 80.5 Å². The van der Waals surface area contributed by atoms with E-state index in [1.807, 2.05) is 5.18 Å². The van der Waals surface area contributed by atoms with Crippen LogP contribution in [0.1, 0.15) is 35.1 Å². The lowest BCUT2D eigenvalue weighted by molar-refractivity contribution is -0.379. The molecule has 10 nitrogen and oxygen atoms in total. The first-order valence-electron chi connectivity index (χ1n) is 11.6. The number of fused-ring (bicyclic) bond motifs is 3. The van der Waals surface area contributed by atoms with Crippen molar-refractivity contribution in [2.45, 2.75) is 24.9 Å². The highest BCUT2D eigenvalue weighted by Crippen LogP contribution is 2.52. The third kappa shape index (κ3) is 3.89. The summed E-state index contributed by atoms with van der Waals surface area (Å²) in [5.41, 5.74) is 3.91. The van der Waals surface area contributed by atoms with E-state index in [1.165, 1.54) is 6.07 Å². The number of ketones is 2. The van der Waals surface area contributed by atoms with Crippen molar-refractivity contribution in [1.82, 2.24) is 0 Å². The fourth-order valence-corrected chi connectivity index (χ4v) is 5.69. The molecule has 0 radical (unpaired) electrons. The standard InChI is InChI=1S/C27H22N2O8.ClH/c28-26(35)22-19(31)11-15-9-14-10-17-13(5-4-12-2-1-3-16(8-12)29-37)6-7-18(30)21(17)23(32)20(14)24(33)27(15,36)25(22)34;/h1-8,14-15,30,32,34,36H,9-11H2,(H2,28,35);1H/b5-4+;/t14-,15+,27+;/m1./s1. The third-order valence-corrected chi connectivity index (χ3v) is 7.44. The number of hydrogen-bond acceptors (Lipinski definition) is 8. The summed E-state index contributed by atoms with van der Waals surface area (Å²) in [5, 5.41) is 45.5. The van der Waals surface area contributed by atoms with E-state index >= 15 is 0 Å². The highest BCUT2D eigenvalue weighted by atomic mass is 35.5. The SMILES string of the molecule is NC(=O)C1=C(O)[C@@]2(O)C(=O)C3=C(O)c4c(O)ccc(/C=C/c5cccc([NH+]=O)c5)c4C[C@H]3C[C@H]2CC1=O.[Cl-]. The molecule has 0 bridgehead atoms. The number of phenolic OH excluding ortho intramolecular Hbond substituents is 1. The maximum atomic E-state index is 13.5. The fourth-order valence-electron chi connectivity index (χ4n) is 5.69. The molecule has 0 saturated heterocycles. The van der Waals surface area contributed by atoms with Gasteiger partial charge in [-0.1, -0.05) is 30.4 Å². The van der Waals surface area contributed by atoms with E-state index in [4.69, 9.17) is 5.73 Å². The van der Waals surface area contributed by atoms with Crippen LogP contribution < -0.4 is 23.3 Å². The molecule has 1 amide bonds. The zero-order valence-corrected chi connectivity index (χ0v) is 20.5. The van der Waals surface area contributed by atoms with Gasteiger partial charge in [-0.2, -0.15) is 0 Å². The lowest BCUT2D eigenvalue weighted by Gasteiger charge is -2.46. The molecule has 1 saturated carbocycles. The topological polar surface area (TPSA) is 189 Å². The van der Waals surface area contributed by atoms with Gasteiger partial charge < -0.3 is 38.6 Å². The number of primary amides is 1. The molecule has 11 heteroatoms. The quantitative estimate of drug-likeness (QED) is 0.192. The normalized spacial score (nSPS) is 24.4. The number of aliphatic hydroxyl groups is 3. The summed E-state index contributed by atoms with van der Waals surface area (Å²) in [7, 11) is 0. The number of nitrogens with two attached hydrogens (primary N) is 1. The van der Waals surface area contributed by atoms with Gasteiger partial charge in [0.1, 0.15) is 22.8 Å². The molecule has 3 aliphatic rings. The Morgan fingerprint density at radius 3 is 2.50 bits per heavy atom. The smallest absolute Gasteiger partial charge is 0.255 e. The molecule has 0 unspecified atom stereocenters. The number of Topliss-reactive ketones (excluding diaryl/α,β-unsaturated/α-hetero) is 2. The van der Waals surface area contributed by atoms with Gasteiger partial charge in [0.05, 0.1) is 5.56 Å². The minimum atomic E-state index is -2.59. The molecule has 2 aromatic rings. The number of nitrogens with one attached hydrogen (secondary N) is 1. The monoisotopic (exact) mass is 538 g/mol. The number of carbonyl (C=O) groups is 3. The number of hydrogen-bond donors (Lipinski definition) is 6. The van der Waals surface area contributed by atoms with Crippen molar-refractivity contribution in [1.29, 1.82) is 0 Å². The summed E-state index contributed by atoms with van der Waals surface area (Å²) in [5.74, 6) is -6.65. The van der Waals surface area contributed by atoms with E-state index in [2.05, 4.69) is 0 Å². The molecule has 0 spiro atoms. The molecular weight excluding hydrogens is 516 g/mol. The van der Waals surface area contributed by atoms with Crippen molar-refractivity contribution in [3.63, 3.8) is 0 Å². The molecule has 196 valence electrons. The Bertz CT molecular complexity index is 1510. The minimum absolute atomic E-state index is 0. The second kappa shape index (κ2) is 9.55. The van der Waals surface area contributed by atoms with Crippen molar-refractivity contribution < 1.29 is 52.4 Å². The predicted molar refractivity (Wildman–Crippen MR) is 131 cm³/mol. The molecule has 0 aromatic heterocycles. The van der Waals surface area contributed by atoms with E-state index in [1.54, 1.807) is 42.5 Å². The first-order chi connectivity index (χ1) is 17.6. The fraction of sp³-hybridized carbons (Fsp3) is 0.222. The van der Waals surface area contributed by atoms with Gasteiger partial charge in [0.2, 0.25) is 5.78 Å². The molecule has 0 aliphatic heterocycles. The Balaban J connectivity index is 0.00000336. The molecule has 7 N–H and O–H groups in total. The highest BCUT2D eigenvalue weighted by Gasteiger charge is 2.60. The number of amides is 1. The van der Waals surface area contributed by atoms with E-state index in [0.29, 0.717) is 16.8 Å². The van der Waals surface area contributed by atoms with Gasteiger partial charge in [0.25, 0.3) is 11.6 Å². The van der Waals surface area contributed by atoms with Crippen molar-refractivity contribution in [3.8, 4) is 5.75 Å². The van der Waals surface area contributed by atoms with E-state index in [9.17, 15) is 39.7 Å². The largest absolute Gasteiger partial charge is 1.00 e. The first kappa shape index (κ1) is 26.8. The maximum absolute atomic E-state index is 13.5.